The highest BCUT2D eigenvalue weighted by atomic mass is 32.2. The predicted molar refractivity (Wildman–Crippen MR) is 82.1 cm³/mol. The van der Waals surface area contributed by atoms with E-state index in [1.807, 2.05) is 0 Å². The number of sulfonamides is 1. The molecule has 5 nitrogen and oxygen atoms in total. The number of carbonyl (C=O) groups excluding carboxylic acids is 1. The molecule has 2 rings (SSSR count). The smallest absolute Gasteiger partial charge is 0.241 e. The monoisotopic (exact) mass is 328 g/mol. The standard InChI is InChI=1S/C15H21FN2O3S/c1-17(11-12-6-5-7-13(16)10-12)15(19)14-8-3-4-9-18(14)22(2,20)21/h5-7,10,14H,3-4,8-9,11H2,1-2H3/t14-/m0/s1. The highest BCUT2D eigenvalue weighted by Gasteiger charge is 2.35. The van der Waals surface area contributed by atoms with E-state index >= 15 is 0 Å². The first-order valence-corrected chi connectivity index (χ1v) is 9.10. The summed E-state index contributed by atoms with van der Waals surface area (Å²) in [4.78, 5) is 14.0. The first kappa shape index (κ1) is 16.9. The SMILES string of the molecule is CN(Cc1cccc(F)c1)C(=O)[C@@H]1CCCCN1S(C)(=O)=O. The zero-order valence-corrected chi connectivity index (χ0v) is 13.6. The summed E-state index contributed by atoms with van der Waals surface area (Å²) in [5, 5.41) is 0. The number of benzene rings is 1. The highest BCUT2D eigenvalue weighted by Crippen LogP contribution is 2.22. The van der Waals surface area contributed by atoms with Crippen molar-refractivity contribution in [3.63, 3.8) is 0 Å². The molecule has 1 aliphatic heterocycles. The van der Waals surface area contributed by atoms with E-state index in [-0.39, 0.29) is 18.3 Å². The second-order valence-electron chi connectivity index (χ2n) is 5.71. The summed E-state index contributed by atoms with van der Waals surface area (Å²) in [5.41, 5.74) is 0.678. The van der Waals surface area contributed by atoms with Gasteiger partial charge in [0.25, 0.3) is 0 Å². The third-order valence-corrected chi connectivity index (χ3v) is 5.14. The summed E-state index contributed by atoms with van der Waals surface area (Å²) in [7, 11) is -1.79. The molecular formula is C15H21FN2O3S. The van der Waals surface area contributed by atoms with Crippen molar-refractivity contribution < 1.29 is 17.6 Å². The zero-order chi connectivity index (χ0) is 16.3. The fraction of sp³-hybridized carbons (Fsp3) is 0.533. The molecule has 0 bridgehead atoms. The van der Waals surface area contributed by atoms with E-state index in [9.17, 15) is 17.6 Å². The molecule has 22 heavy (non-hydrogen) atoms. The Labute approximate surface area is 130 Å². The molecule has 0 aromatic heterocycles. The van der Waals surface area contributed by atoms with Crippen LogP contribution in [0.15, 0.2) is 24.3 Å². The first-order valence-electron chi connectivity index (χ1n) is 7.25. The number of piperidine rings is 1. The maximum Gasteiger partial charge on any atom is 0.241 e. The van der Waals surface area contributed by atoms with Crippen LogP contribution < -0.4 is 0 Å². The van der Waals surface area contributed by atoms with E-state index in [0.717, 1.165) is 19.1 Å². The van der Waals surface area contributed by atoms with Gasteiger partial charge in [0, 0.05) is 20.1 Å². The largest absolute Gasteiger partial charge is 0.340 e. The number of rotatable bonds is 4. The van der Waals surface area contributed by atoms with Gasteiger partial charge in [-0.3, -0.25) is 4.79 Å². The summed E-state index contributed by atoms with van der Waals surface area (Å²) >= 11 is 0. The lowest BCUT2D eigenvalue weighted by molar-refractivity contribution is -0.135. The molecule has 1 aromatic carbocycles. The summed E-state index contributed by atoms with van der Waals surface area (Å²) < 4.78 is 38.1. The first-order chi connectivity index (χ1) is 10.3. The molecule has 122 valence electrons. The van der Waals surface area contributed by atoms with Gasteiger partial charge >= 0.3 is 0 Å². The summed E-state index contributed by atoms with van der Waals surface area (Å²) in [6.45, 7) is 0.633. The van der Waals surface area contributed by atoms with Crippen molar-refractivity contribution in [3.8, 4) is 0 Å². The van der Waals surface area contributed by atoms with E-state index in [1.165, 1.54) is 21.3 Å². The Morgan fingerprint density at radius 1 is 1.41 bits per heavy atom. The molecule has 1 aromatic rings. The number of amides is 1. The fourth-order valence-electron chi connectivity index (χ4n) is 2.79. The van der Waals surface area contributed by atoms with Gasteiger partial charge in [0.05, 0.1) is 6.26 Å². The van der Waals surface area contributed by atoms with E-state index in [0.29, 0.717) is 18.5 Å². The number of likely N-dealkylation sites (N-methyl/N-ethyl adjacent to an activating group) is 1. The third-order valence-electron chi connectivity index (χ3n) is 3.85. The Bertz CT molecular complexity index is 648. The van der Waals surface area contributed by atoms with Gasteiger partial charge in [0.1, 0.15) is 11.9 Å². The van der Waals surface area contributed by atoms with Gasteiger partial charge in [-0.2, -0.15) is 4.31 Å². The van der Waals surface area contributed by atoms with Crippen molar-refractivity contribution in [2.45, 2.75) is 31.8 Å². The van der Waals surface area contributed by atoms with Crippen LogP contribution in [0.5, 0.6) is 0 Å². The van der Waals surface area contributed by atoms with Crippen LogP contribution in [0, 0.1) is 5.82 Å². The van der Waals surface area contributed by atoms with Crippen molar-refractivity contribution >= 4 is 15.9 Å². The molecule has 0 aliphatic carbocycles. The number of hydrogen-bond acceptors (Lipinski definition) is 3. The molecule has 1 amide bonds. The Morgan fingerprint density at radius 2 is 2.14 bits per heavy atom. The predicted octanol–water partition coefficient (Wildman–Crippen LogP) is 1.60. The molecule has 0 N–H and O–H groups in total. The average molecular weight is 328 g/mol. The minimum atomic E-state index is -3.41. The summed E-state index contributed by atoms with van der Waals surface area (Å²) in [6, 6.07) is 5.40. The van der Waals surface area contributed by atoms with Crippen molar-refractivity contribution in [1.82, 2.24) is 9.21 Å². The fourth-order valence-corrected chi connectivity index (χ4v) is 3.91. The Balaban J connectivity index is 2.11. The van der Waals surface area contributed by atoms with E-state index in [2.05, 4.69) is 0 Å². The third kappa shape index (κ3) is 4.04. The molecule has 1 aliphatic rings. The molecule has 7 heteroatoms. The second kappa shape index (κ2) is 6.75. The number of nitrogens with zero attached hydrogens (tertiary/aromatic N) is 2. The lowest BCUT2D eigenvalue weighted by Gasteiger charge is -2.35. The molecule has 0 radical (unpaired) electrons. The number of hydrogen-bond donors (Lipinski definition) is 0. The molecular weight excluding hydrogens is 307 g/mol. The minimum Gasteiger partial charge on any atom is -0.340 e. The summed E-state index contributed by atoms with van der Waals surface area (Å²) in [6.07, 6.45) is 3.26. The van der Waals surface area contributed by atoms with Crippen LogP contribution >= 0.6 is 0 Å². The molecule has 1 atom stereocenters. The van der Waals surface area contributed by atoms with E-state index < -0.39 is 16.1 Å². The quantitative estimate of drug-likeness (QED) is 0.843. The normalized spacial score (nSPS) is 19.9. The molecule has 1 fully saturated rings. The molecule has 0 unspecified atom stereocenters. The molecule has 1 saturated heterocycles. The van der Waals surface area contributed by atoms with Gasteiger partial charge < -0.3 is 4.90 Å². The molecule has 0 saturated carbocycles. The van der Waals surface area contributed by atoms with Gasteiger partial charge in [-0.25, -0.2) is 12.8 Å². The van der Waals surface area contributed by atoms with Crippen LogP contribution in [0.3, 0.4) is 0 Å². The van der Waals surface area contributed by atoms with Crippen LogP contribution in [-0.4, -0.2) is 49.4 Å². The van der Waals surface area contributed by atoms with Crippen molar-refractivity contribution in [1.29, 1.82) is 0 Å². The van der Waals surface area contributed by atoms with Crippen LogP contribution in [0.25, 0.3) is 0 Å². The topological polar surface area (TPSA) is 57.7 Å². The lowest BCUT2D eigenvalue weighted by atomic mass is 10.0. The zero-order valence-electron chi connectivity index (χ0n) is 12.8. The minimum absolute atomic E-state index is 0.241. The second-order valence-corrected chi connectivity index (χ2v) is 7.64. The van der Waals surface area contributed by atoms with Gasteiger partial charge in [0.15, 0.2) is 0 Å². The van der Waals surface area contributed by atoms with Gasteiger partial charge in [-0.05, 0) is 30.5 Å². The van der Waals surface area contributed by atoms with Crippen molar-refractivity contribution in [2.24, 2.45) is 0 Å². The van der Waals surface area contributed by atoms with Crippen LogP contribution in [0.2, 0.25) is 0 Å². The van der Waals surface area contributed by atoms with Crippen molar-refractivity contribution in [3.05, 3.63) is 35.6 Å². The number of halogens is 1. The van der Waals surface area contributed by atoms with Crippen LogP contribution in [0.4, 0.5) is 4.39 Å². The highest BCUT2D eigenvalue weighted by molar-refractivity contribution is 7.88. The van der Waals surface area contributed by atoms with Gasteiger partial charge in [-0.1, -0.05) is 18.6 Å². The summed E-state index contributed by atoms with van der Waals surface area (Å²) in [5.74, 6) is -0.594. The van der Waals surface area contributed by atoms with Gasteiger partial charge in [-0.15, -0.1) is 0 Å². The van der Waals surface area contributed by atoms with E-state index in [4.69, 9.17) is 0 Å². The average Bonchev–Trinajstić information content (AvgIpc) is 2.45. The Hall–Kier alpha value is -1.47. The number of carbonyl (C=O) groups is 1. The van der Waals surface area contributed by atoms with Crippen molar-refractivity contribution in [2.75, 3.05) is 19.8 Å². The Morgan fingerprint density at radius 3 is 2.77 bits per heavy atom. The molecule has 0 spiro atoms. The van der Waals surface area contributed by atoms with E-state index in [1.54, 1.807) is 19.2 Å². The molecule has 1 heterocycles. The van der Waals surface area contributed by atoms with Crippen LogP contribution in [-0.2, 0) is 21.4 Å². The maximum absolute atomic E-state index is 13.2. The Kier molecular flexibility index (Phi) is 5.18. The maximum atomic E-state index is 13.2. The van der Waals surface area contributed by atoms with Gasteiger partial charge in [0.2, 0.25) is 15.9 Å². The lowest BCUT2D eigenvalue weighted by Crippen LogP contribution is -2.51. The van der Waals surface area contributed by atoms with Crippen LogP contribution in [0.1, 0.15) is 24.8 Å².